The highest BCUT2D eigenvalue weighted by Gasteiger charge is 2.30. The number of rotatable bonds is 0. The summed E-state index contributed by atoms with van der Waals surface area (Å²) in [6.45, 7) is 0. The Hall–Kier alpha value is -1.78. The summed E-state index contributed by atoms with van der Waals surface area (Å²) in [5, 5.41) is 0.593. The lowest BCUT2D eigenvalue weighted by Gasteiger charge is -2.07. The SMILES string of the molecule is Cn1ccc2ccc(C(F)(F)F)cc2c1=O. The van der Waals surface area contributed by atoms with Crippen molar-refractivity contribution < 1.29 is 13.2 Å². The molecule has 16 heavy (non-hydrogen) atoms. The standard InChI is InChI=1S/C11H8F3NO/c1-15-5-4-7-2-3-8(11(12,13)14)6-9(7)10(15)16/h2-6H,1H3. The van der Waals surface area contributed by atoms with Crippen LogP contribution in [0.15, 0.2) is 35.3 Å². The molecule has 0 spiro atoms. The fourth-order valence-corrected chi connectivity index (χ4v) is 1.51. The molecule has 0 N–H and O–H groups in total. The minimum absolute atomic E-state index is 0.0832. The van der Waals surface area contributed by atoms with Gasteiger partial charge in [-0.1, -0.05) is 6.07 Å². The van der Waals surface area contributed by atoms with Gasteiger partial charge < -0.3 is 4.57 Å². The number of aromatic nitrogens is 1. The van der Waals surface area contributed by atoms with Gasteiger partial charge >= 0.3 is 6.18 Å². The Bertz CT molecular complexity index is 598. The number of benzene rings is 1. The molecular weight excluding hydrogens is 219 g/mol. The van der Waals surface area contributed by atoms with E-state index in [9.17, 15) is 18.0 Å². The molecule has 2 nitrogen and oxygen atoms in total. The second kappa shape index (κ2) is 3.37. The molecule has 0 atom stereocenters. The lowest BCUT2D eigenvalue weighted by molar-refractivity contribution is -0.137. The van der Waals surface area contributed by atoms with E-state index in [2.05, 4.69) is 0 Å². The summed E-state index contributed by atoms with van der Waals surface area (Å²) in [6.07, 6.45) is -2.90. The number of fused-ring (bicyclic) bond motifs is 1. The molecule has 0 bridgehead atoms. The van der Waals surface area contributed by atoms with E-state index >= 15 is 0 Å². The number of hydrogen-bond acceptors (Lipinski definition) is 1. The molecule has 0 amide bonds. The summed E-state index contributed by atoms with van der Waals surface area (Å²) in [4.78, 5) is 11.6. The van der Waals surface area contributed by atoms with Crippen molar-refractivity contribution in [3.8, 4) is 0 Å². The van der Waals surface area contributed by atoms with E-state index in [1.54, 1.807) is 6.07 Å². The zero-order chi connectivity index (χ0) is 11.9. The first kappa shape index (κ1) is 10.7. The summed E-state index contributed by atoms with van der Waals surface area (Å²) in [5.74, 6) is 0. The molecule has 1 heterocycles. The Kier molecular flexibility index (Phi) is 2.26. The van der Waals surface area contributed by atoms with E-state index in [0.717, 1.165) is 12.1 Å². The summed E-state index contributed by atoms with van der Waals surface area (Å²) >= 11 is 0. The van der Waals surface area contributed by atoms with Crippen LogP contribution in [0.1, 0.15) is 5.56 Å². The average Bonchev–Trinajstić information content (AvgIpc) is 2.22. The summed E-state index contributed by atoms with van der Waals surface area (Å²) in [7, 11) is 1.50. The van der Waals surface area contributed by atoms with E-state index in [0.29, 0.717) is 5.39 Å². The van der Waals surface area contributed by atoms with Crippen LogP contribution in [-0.2, 0) is 13.2 Å². The predicted molar refractivity (Wildman–Crippen MR) is 54.2 cm³/mol. The van der Waals surface area contributed by atoms with E-state index in [1.807, 2.05) is 0 Å². The van der Waals surface area contributed by atoms with Gasteiger partial charge in [0.1, 0.15) is 0 Å². The van der Waals surface area contributed by atoms with Crippen LogP contribution in [0, 0.1) is 0 Å². The van der Waals surface area contributed by atoms with Crippen LogP contribution in [0.3, 0.4) is 0 Å². The van der Waals surface area contributed by atoms with Crippen molar-refractivity contribution in [2.24, 2.45) is 7.05 Å². The van der Waals surface area contributed by atoms with Crippen LogP contribution in [0.4, 0.5) is 13.2 Å². The highest BCUT2D eigenvalue weighted by atomic mass is 19.4. The maximum absolute atomic E-state index is 12.4. The predicted octanol–water partition coefficient (Wildman–Crippen LogP) is 2.56. The highest BCUT2D eigenvalue weighted by Crippen LogP contribution is 2.30. The molecule has 5 heteroatoms. The van der Waals surface area contributed by atoms with Crippen molar-refractivity contribution in [1.29, 1.82) is 0 Å². The number of hydrogen-bond donors (Lipinski definition) is 0. The van der Waals surface area contributed by atoms with E-state index in [-0.39, 0.29) is 5.39 Å². The fourth-order valence-electron chi connectivity index (χ4n) is 1.51. The lowest BCUT2D eigenvalue weighted by atomic mass is 10.1. The monoisotopic (exact) mass is 227 g/mol. The van der Waals surface area contributed by atoms with Crippen molar-refractivity contribution in [3.05, 3.63) is 46.4 Å². The minimum atomic E-state index is -4.42. The molecule has 0 unspecified atom stereocenters. The molecule has 0 fully saturated rings. The third-order valence-electron chi connectivity index (χ3n) is 2.41. The fraction of sp³-hybridized carbons (Fsp3) is 0.182. The summed E-state index contributed by atoms with van der Waals surface area (Å²) in [6, 6.07) is 4.77. The number of pyridine rings is 1. The van der Waals surface area contributed by atoms with Crippen LogP contribution in [-0.4, -0.2) is 4.57 Å². The Balaban J connectivity index is 2.79. The number of alkyl halides is 3. The van der Waals surface area contributed by atoms with Gasteiger partial charge in [0.2, 0.25) is 0 Å². The maximum atomic E-state index is 12.4. The van der Waals surface area contributed by atoms with Crippen molar-refractivity contribution in [3.63, 3.8) is 0 Å². The molecule has 1 aromatic heterocycles. The van der Waals surface area contributed by atoms with Gasteiger partial charge in [0.15, 0.2) is 0 Å². The number of nitrogens with zero attached hydrogens (tertiary/aromatic N) is 1. The van der Waals surface area contributed by atoms with E-state index < -0.39 is 17.3 Å². The third-order valence-corrected chi connectivity index (χ3v) is 2.41. The average molecular weight is 227 g/mol. The van der Waals surface area contributed by atoms with Crippen LogP contribution in [0.25, 0.3) is 10.8 Å². The molecule has 2 rings (SSSR count). The zero-order valence-electron chi connectivity index (χ0n) is 8.38. The molecule has 0 aliphatic carbocycles. The quantitative estimate of drug-likeness (QED) is 0.678. The topological polar surface area (TPSA) is 22.0 Å². The van der Waals surface area contributed by atoms with Gasteiger partial charge in [-0.05, 0) is 23.6 Å². The van der Waals surface area contributed by atoms with Crippen LogP contribution in [0.2, 0.25) is 0 Å². The zero-order valence-corrected chi connectivity index (χ0v) is 8.38. The molecular formula is C11H8F3NO. The van der Waals surface area contributed by atoms with E-state index in [1.165, 1.54) is 23.9 Å². The summed E-state index contributed by atoms with van der Waals surface area (Å²) < 4.78 is 38.6. The number of aryl methyl sites for hydroxylation is 1. The smallest absolute Gasteiger partial charge is 0.318 e. The lowest BCUT2D eigenvalue weighted by Crippen LogP contribution is -2.16. The van der Waals surface area contributed by atoms with Gasteiger partial charge in [0.05, 0.1) is 5.56 Å². The van der Waals surface area contributed by atoms with Crippen molar-refractivity contribution in [1.82, 2.24) is 4.57 Å². The highest BCUT2D eigenvalue weighted by molar-refractivity contribution is 5.82. The Labute approximate surface area is 88.9 Å². The molecule has 0 aliphatic rings. The Morgan fingerprint density at radius 2 is 1.88 bits per heavy atom. The van der Waals surface area contributed by atoms with Crippen molar-refractivity contribution in [2.75, 3.05) is 0 Å². The second-order valence-corrected chi connectivity index (χ2v) is 3.53. The summed E-state index contributed by atoms with van der Waals surface area (Å²) in [5.41, 5.74) is -1.23. The van der Waals surface area contributed by atoms with Crippen LogP contribution < -0.4 is 5.56 Å². The van der Waals surface area contributed by atoms with Crippen LogP contribution >= 0.6 is 0 Å². The Morgan fingerprint density at radius 1 is 1.19 bits per heavy atom. The third kappa shape index (κ3) is 1.68. The molecule has 1 aromatic carbocycles. The van der Waals surface area contributed by atoms with Crippen molar-refractivity contribution >= 4 is 10.8 Å². The molecule has 2 aromatic rings. The number of halogens is 3. The molecule has 0 saturated heterocycles. The molecule has 0 saturated carbocycles. The maximum Gasteiger partial charge on any atom is 0.416 e. The van der Waals surface area contributed by atoms with Gasteiger partial charge in [0, 0.05) is 18.6 Å². The van der Waals surface area contributed by atoms with Crippen LogP contribution in [0.5, 0.6) is 0 Å². The largest absolute Gasteiger partial charge is 0.416 e. The molecule has 0 radical (unpaired) electrons. The Morgan fingerprint density at radius 3 is 2.50 bits per heavy atom. The minimum Gasteiger partial charge on any atom is -0.318 e. The first-order chi connectivity index (χ1) is 7.39. The van der Waals surface area contributed by atoms with Crippen molar-refractivity contribution in [2.45, 2.75) is 6.18 Å². The molecule has 0 aliphatic heterocycles. The first-order valence-corrected chi connectivity index (χ1v) is 4.56. The van der Waals surface area contributed by atoms with Gasteiger partial charge in [-0.25, -0.2) is 0 Å². The normalized spacial score (nSPS) is 12.0. The van der Waals surface area contributed by atoms with Gasteiger partial charge in [-0.3, -0.25) is 4.79 Å². The van der Waals surface area contributed by atoms with Gasteiger partial charge in [-0.2, -0.15) is 13.2 Å². The van der Waals surface area contributed by atoms with Gasteiger partial charge in [0.25, 0.3) is 5.56 Å². The second-order valence-electron chi connectivity index (χ2n) is 3.53. The molecule has 84 valence electrons. The van der Waals surface area contributed by atoms with E-state index in [4.69, 9.17) is 0 Å². The first-order valence-electron chi connectivity index (χ1n) is 4.56. The van der Waals surface area contributed by atoms with Gasteiger partial charge in [-0.15, -0.1) is 0 Å².